The highest BCUT2D eigenvalue weighted by molar-refractivity contribution is 7.13. The van der Waals surface area contributed by atoms with E-state index >= 15 is 0 Å². The zero-order valence-corrected chi connectivity index (χ0v) is 9.21. The van der Waals surface area contributed by atoms with Crippen LogP contribution in [0.3, 0.4) is 0 Å². The molecule has 0 atom stereocenters. The molecule has 1 aromatic heterocycles. The third kappa shape index (κ3) is 2.67. The van der Waals surface area contributed by atoms with Gasteiger partial charge in [-0.1, -0.05) is 49.1 Å². The van der Waals surface area contributed by atoms with Crippen LogP contribution in [-0.2, 0) is 0 Å². The van der Waals surface area contributed by atoms with Gasteiger partial charge >= 0.3 is 0 Å². The Morgan fingerprint density at radius 2 is 1.60 bits per heavy atom. The van der Waals surface area contributed by atoms with Gasteiger partial charge in [-0.15, -0.1) is 11.3 Å². The molecule has 15 heavy (non-hydrogen) atoms. The summed E-state index contributed by atoms with van der Waals surface area (Å²) in [6, 6.07) is 14.5. The van der Waals surface area contributed by atoms with Crippen molar-refractivity contribution >= 4 is 29.6 Å². The first kappa shape index (κ1) is 9.94. The minimum atomic E-state index is 1.21. The molecule has 0 spiro atoms. The molecule has 2 rings (SSSR count). The summed E-state index contributed by atoms with van der Waals surface area (Å²) < 4.78 is 0. The Hall–Kier alpha value is -1.60. The molecule has 1 heterocycles. The lowest BCUT2D eigenvalue weighted by atomic mass is 10.2. The van der Waals surface area contributed by atoms with Crippen LogP contribution in [0.1, 0.15) is 15.3 Å². The third-order valence-electron chi connectivity index (χ3n) is 2.09. The van der Waals surface area contributed by atoms with Crippen LogP contribution in [0.2, 0.25) is 0 Å². The highest BCUT2D eigenvalue weighted by Crippen LogP contribution is 2.19. The lowest BCUT2D eigenvalue weighted by molar-refractivity contribution is 1.67. The first-order chi connectivity index (χ1) is 7.38. The van der Waals surface area contributed by atoms with Crippen molar-refractivity contribution in [3.63, 3.8) is 0 Å². The van der Waals surface area contributed by atoms with Crippen LogP contribution in [0.5, 0.6) is 0 Å². The molecule has 1 heteroatoms. The molecule has 0 bridgehead atoms. The van der Waals surface area contributed by atoms with Crippen LogP contribution in [-0.4, -0.2) is 0 Å². The van der Waals surface area contributed by atoms with Crippen LogP contribution in [0, 0.1) is 0 Å². The van der Waals surface area contributed by atoms with E-state index in [0.29, 0.717) is 0 Å². The van der Waals surface area contributed by atoms with Crippen LogP contribution in [0.4, 0.5) is 0 Å². The number of thiophene rings is 1. The van der Waals surface area contributed by atoms with Crippen LogP contribution in [0.25, 0.3) is 18.2 Å². The maximum Gasteiger partial charge on any atom is 0.0276 e. The Morgan fingerprint density at radius 3 is 2.27 bits per heavy atom. The molecule has 0 saturated heterocycles. The Kier molecular flexibility index (Phi) is 3.15. The van der Waals surface area contributed by atoms with Gasteiger partial charge < -0.3 is 0 Å². The summed E-state index contributed by atoms with van der Waals surface area (Å²) in [6.07, 6.45) is 6.14. The fourth-order valence-corrected chi connectivity index (χ4v) is 2.07. The van der Waals surface area contributed by atoms with Crippen molar-refractivity contribution < 1.29 is 0 Å². The van der Waals surface area contributed by atoms with E-state index in [1.807, 2.05) is 24.3 Å². The summed E-state index contributed by atoms with van der Waals surface area (Å²) in [4.78, 5) is 2.47. The second kappa shape index (κ2) is 4.76. The lowest BCUT2D eigenvalue weighted by Crippen LogP contribution is -1.67. The predicted molar refractivity (Wildman–Crippen MR) is 69.8 cm³/mol. The molecule has 0 nitrogen and oxygen atoms in total. The highest BCUT2D eigenvalue weighted by Gasteiger charge is 1.92. The van der Waals surface area contributed by atoms with Gasteiger partial charge in [0.25, 0.3) is 0 Å². The van der Waals surface area contributed by atoms with Gasteiger partial charge in [-0.2, -0.15) is 0 Å². The zero-order valence-electron chi connectivity index (χ0n) is 8.39. The van der Waals surface area contributed by atoms with Gasteiger partial charge in [0.05, 0.1) is 0 Å². The standard InChI is InChI=1S/C14H12S/c1-2-13-10-11-14(15-13)9-8-12-6-4-3-5-7-12/h2-11H,1H2/b9-8+. The van der Waals surface area contributed by atoms with E-state index in [0.717, 1.165) is 0 Å². The van der Waals surface area contributed by atoms with Gasteiger partial charge in [-0.25, -0.2) is 0 Å². The summed E-state index contributed by atoms with van der Waals surface area (Å²) >= 11 is 1.75. The zero-order chi connectivity index (χ0) is 10.5. The largest absolute Gasteiger partial charge is 0.137 e. The quantitative estimate of drug-likeness (QED) is 0.699. The van der Waals surface area contributed by atoms with E-state index in [1.165, 1.54) is 15.3 Å². The smallest absolute Gasteiger partial charge is 0.0276 e. The Labute approximate surface area is 94.2 Å². The maximum absolute atomic E-state index is 3.75. The van der Waals surface area contributed by atoms with E-state index < -0.39 is 0 Å². The molecule has 0 N–H and O–H groups in total. The minimum Gasteiger partial charge on any atom is -0.137 e. The summed E-state index contributed by atoms with van der Waals surface area (Å²) in [5, 5.41) is 0. The van der Waals surface area contributed by atoms with Gasteiger partial charge in [0.2, 0.25) is 0 Å². The average molecular weight is 212 g/mol. The van der Waals surface area contributed by atoms with Gasteiger partial charge in [0.15, 0.2) is 0 Å². The molecule has 0 aliphatic carbocycles. The van der Waals surface area contributed by atoms with Crippen molar-refractivity contribution in [3.8, 4) is 0 Å². The molecule has 0 aliphatic heterocycles. The summed E-state index contributed by atoms with van der Waals surface area (Å²) in [5.41, 5.74) is 1.23. The molecule has 0 saturated carbocycles. The van der Waals surface area contributed by atoms with Crippen molar-refractivity contribution in [1.29, 1.82) is 0 Å². The third-order valence-corrected chi connectivity index (χ3v) is 3.13. The van der Waals surface area contributed by atoms with E-state index in [9.17, 15) is 0 Å². The fraction of sp³-hybridized carbons (Fsp3) is 0. The topological polar surface area (TPSA) is 0 Å². The molecule has 0 amide bonds. The minimum absolute atomic E-state index is 1.21. The monoisotopic (exact) mass is 212 g/mol. The van der Waals surface area contributed by atoms with Crippen LogP contribution in [0.15, 0.2) is 49.0 Å². The van der Waals surface area contributed by atoms with Gasteiger partial charge in [-0.3, -0.25) is 0 Å². The molecular weight excluding hydrogens is 200 g/mol. The van der Waals surface area contributed by atoms with Gasteiger partial charge in [-0.05, 0) is 23.8 Å². The first-order valence-corrected chi connectivity index (χ1v) is 5.65. The molecule has 0 fully saturated rings. The highest BCUT2D eigenvalue weighted by atomic mass is 32.1. The number of rotatable bonds is 3. The molecule has 74 valence electrons. The van der Waals surface area contributed by atoms with Gasteiger partial charge in [0, 0.05) is 9.75 Å². The Morgan fingerprint density at radius 1 is 0.867 bits per heavy atom. The van der Waals surface area contributed by atoms with E-state index in [1.54, 1.807) is 11.3 Å². The maximum atomic E-state index is 3.75. The van der Waals surface area contributed by atoms with Crippen LogP contribution < -0.4 is 0 Å². The summed E-state index contributed by atoms with van der Waals surface area (Å²) in [6.45, 7) is 3.75. The number of benzene rings is 1. The van der Waals surface area contributed by atoms with Crippen LogP contribution >= 0.6 is 11.3 Å². The lowest BCUT2D eigenvalue weighted by Gasteiger charge is -1.89. The molecule has 0 radical (unpaired) electrons. The first-order valence-electron chi connectivity index (χ1n) is 4.84. The number of hydrogen-bond donors (Lipinski definition) is 0. The molecular formula is C14H12S. The summed E-state index contributed by atoms with van der Waals surface area (Å²) in [5.74, 6) is 0. The second-order valence-electron chi connectivity index (χ2n) is 3.19. The molecule has 2 aromatic rings. The van der Waals surface area contributed by atoms with Crippen molar-refractivity contribution in [2.75, 3.05) is 0 Å². The Balaban J connectivity index is 2.15. The fourth-order valence-electron chi connectivity index (χ4n) is 1.31. The molecule has 1 aromatic carbocycles. The van der Waals surface area contributed by atoms with Crippen molar-refractivity contribution in [2.45, 2.75) is 0 Å². The van der Waals surface area contributed by atoms with E-state index in [-0.39, 0.29) is 0 Å². The summed E-state index contributed by atoms with van der Waals surface area (Å²) in [7, 11) is 0. The van der Waals surface area contributed by atoms with E-state index in [2.05, 4.69) is 43.0 Å². The van der Waals surface area contributed by atoms with Crippen molar-refractivity contribution in [1.82, 2.24) is 0 Å². The number of hydrogen-bond acceptors (Lipinski definition) is 1. The average Bonchev–Trinajstić information content (AvgIpc) is 2.76. The Bertz CT molecular complexity index is 463. The van der Waals surface area contributed by atoms with Gasteiger partial charge in [0.1, 0.15) is 0 Å². The SMILES string of the molecule is C=Cc1ccc(/C=C/c2ccccc2)s1. The second-order valence-corrected chi connectivity index (χ2v) is 4.34. The van der Waals surface area contributed by atoms with E-state index in [4.69, 9.17) is 0 Å². The molecule has 0 aliphatic rings. The molecule has 0 unspecified atom stereocenters. The van der Waals surface area contributed by atoms with Crippen molar-refractivity contribution in [3.05, 3.63) is 64.4 Å². The predicted octanol–water partition coefficient (Wildman–Crippen LogP) is 4.56. The normalized spacial score (nSPS) is 10.7. The van der Waals surface area contributed by atoms with Crippen molar-refractivity contribution in [2.24, 2.45) is 0 Å².